The molecule has 0 fully saturated rings. The third-order valence-electron chi connectivity index (χ3n) is 2.53. The van der Waals surface area contributed by atoms with Gasteiger partial charge in [0.1, 0.15) is 5.69 Å². The average Bonchev–Trinajstić information content (AvgIpc) is 2.48. The van der Waals surface area contributed by atoms with Crippen molar-refractivity contribution in [2.75, 3.05) is 26.9 Å². The Hall–Kier alpha value is -1.90. The van der Waals surface area contributed by atoms with Crippen LogP contribution in [0.15, 0.2) is 18.3 Å². The van der Waals surface area contributed by atoms with Crippen molar-refractivity contribution in [1.29, 1.82) is 0 Å². The van der Waals surface area contributed by atoms with Gasteiger partial charge in [-0.1, -0.05) is 11.8 Å². The average molecular weight is 276 g/mol. The number of methoxy groups -OCH3 is 1. The summed E-state index contributed by atoms with van der Waals surface area (Å²) in [5.41, 5.74) is 1.11. The molecule has 5 heteroatoms. The Morgan fingerprint density at radius 2 is 2.30 bits per heavy atom. The molecule has 0 aliphatic heterocycles. The SMILES string of the molecule is COCCCCNC(=O)c1ccc(C#CCCO)cn1. The van der Waals surface area contributed by atoms with Crippen molar-refractivity contribution in [3.63, 3.8) is 0 Å². The molecule has 20 heavy (non-hydrogen) atoms. The first-order chi connectivity index (χ1) is 9.77. The predicted octanol–water partition coefficient (Wildman–Crippen LogP) is 0.972. The predicted molar refractivity (Wildman–Crippen MR) is 76.3 cm³/mol. The second-order valence-corrected chi connectivity index (χ2v) is 4.16. The van der Waals surface area contributed by atoms with Crippen LogP contribution in [0.3, 0.4) is 0 Å². The molecule has 0 atom stereocenters. The van der Waals surface area contributed by atoms with Gasteiger partial charge >= 0.3 is 0 Å². The summed E-state index contributed by atoms with van der Waals surface area (Å²) in [4.78, 5) is 15.8. The summed E-state index contributed by atoms with van der Waals surface area (Å²) in [6.07, 6.45) is 3.79. The number of carbonyl (C=O) groups is 1. The van der Waals surface area contributed by atoms with E-state index in [-0.39, 0.29) is 12.5 Å². The third-order valence-corrected chi connectivity index (χ3v) is 2.53. The number of amides is 1. The Kier molecular flexibility index (Phi) is 8.04. The molecule has 108 valence electrons. The second kappa shape index (κ2) is 9.96. The highest BCUT2D eigenvalue weighted by atomic mass is 16.5. The van der Waals surface area contributed by atoms with Gasteiger partial charge in [0.25, 0.3) is 5.91 Å². The van der Waals surface area contributed by atoms with Gasteiger partial charge in [-0.2, -0.15) is 0 Å². The number of ether oxygens (including phenoxy) is 1. The van der Waals surface area contributed by atoms with Crippen LogP contribution in [-0.4, -0.2) is 42.9 Å². The van der Waals surface area contributed by atoms with Gasteiger partial charge in [-0.15, -0.1) is 0 Å². The number of pyridine rings is 1. The van der Waals surface area contributed by atoms with Gasteiger partial charge in [0.2, 0.25) is 0 Å². The molecule has 0 bridgehead atoms. The summed E-state index contributed by atoms with van der Waals surface area (Å²) in [7, 11) is 1.66. The maximum Gasteiger partial charge on any atom is 0.269 e. The van der Waals surface area contributed by atoms with Crippen LogP contribution in [0, 0.1) is 11.8 Å². The number of hydrogen-bond donors (Lipinski definition) is 2. The standard InChI is InChI=1S/C15H20N2O3/c1-20-11-5-3-9-16-15(19)14-8-7-13(12-17-14)6-2-4-10-18/h7-8,12,18H,3-5,9-11H2,1H3,(H,16,19). The number of unbranched alkanes of at least 4 members (excludes halogenated alkanes) is 1. The fourth-order valence-corrected chi connectivity index (χ4v) is 1.49. The van der Waals surface area contributed by atoms with Gasteiger partial charge in [0.15, 0.2) is 0 Å². The topological polar surface area (TPSA) is 71.5 Å². The molecule has 0 saturated carbocycles. The lowest BCUT2D eigenvalue weighted by Gasteiger charge is -2.04. The molecular weight excluding hydrogens is 256 g/mol. The summed E-state index contributed by atoms with van der Waals surface area (Å²) in [5, 5.41) is 11.4. The minimum absolute atomic E-state index is 0.0456. The van der Waals surface area contributed by atoms with Gasteiger partial charge in [-0.25, -0.2) is 4.98 Å². The van der Waals surface area contributed by atoms with E-state index >= 15 is 0 Å². The van der Waals surface area contributed by atoms with Gasteiger partial charge in [-0.3, -0.25) is 4.79 Å². The zero-order chi connectivity index (χ0) is 14.6. The highest BCUT2D eigenvalue weighted by Crippen LogP contribution is 1.99. The summed E-state index contributed by atoms with van der Waals surface area (Å²) < 4.78 is 4.93. The van der Waals surface area contributed by atoms with Gasteiger partial charge < -0.3 is 15.2 Å². The van der Waals surface area contributed by atoms with E-state index in [1.165, 1.54) is 0 Å². The number of aliphatic hydroxyl groups excluding tert-OH is 1. The van der Waals surface area contributed by atoms with Crippen molar-refractivity contribution in [2.45, 2.75) is 19.3 Å². The monoisotopic (exact) mass is 276 g/mol. The molecule has 5 nitrogen and oxygen atoms in total. The summed E-state index contributed by atoms with van der Waals surface area (Å²) >= 11 is 0. The fraction of sp³-hybridized carbons (Fsp3) is 0.467. The maximum absolute atomic E-state index is 11.8. The van der Waals surface area contributed by atoms with Crippen molar-refractivity contribution in [3.8, 4) is 11.8 Å². The van der Waals surface area contributed by atoms with Gasteiger partial charge in [0.05, 0.1) is 6.61 Å². The number of aliphatic hydroxyl groups is 1. The van der Waals surface area contributed by atoms with E-state index in [1.54, 1.807) is 25.4 Å². The van der Waals surface area contributed by atoms with Crippen LogP contribution in [0.2, 0.25) is 0 Å². The van der Waals surface area contributed by atoms with Crippen LogP contribution in [0.25, 0.3) is 0 Å². The van der Waals surface area contributed by atoms with Crippen molar-refractivity contribution >= 4 is 5.91 Å². The molecule has 1 amide bonds. The van der Waals surface area contributed by atoms with Crippen LogP contribution in [-0.2, 0) is 4.74 Å². The third kappa shape index (κ3) is 6.32. The molecule has 0 saturated heterocycles. The number of hydrogen-bond acceptors (Lipinski definition) is 4. The Bertz CT molecular complexity index is 460. The Balaban J connectivity index is 2.40. The number of nitrogens with zero attached hydrogens (tertiary/aromatic N) is 1. The fourth-order valence-electron chi connectivity index (χ4n) is 1.49. The highest BCUT2D eigenvalue weighted by Gasteiger charge is 2.05. The van der Waals surface area contributed by atoms with E-state index in [0.717, 1.165) is 18.4 Å². The van der Waals surface area contributed by atoms with Gasteiger partial charge in [0, 0.05) is 38.4 Å². The van der Waals surface area contributed by atoms with Gasteiger partial charge in [-0.05, 0) is 25.0 Å². The number of rotatable bonds is 7. The van der Waals surface area contributed by atoms with E-state index in [1.807, 2.05) is 0 Å². The number of aromatic nitrogens is 1. The van der Waals surface area contributed by atoms with Crippen molar-refractivity contribution in [1.82, 2.24) is 10.3 Å². The van der Waals surface area contributed by atoms with E-state index in [4.69, 9.17) is 9.84 Å². The van der Waals surface area contributed by atoms with Crippen LogP contribution in [0.4, 0.5) is 0 Å². The molecule has 0 radical (unpaired) electrons. The summed E-state index contributed by atoms with van der Waals surface area (Å²) in [6, 6.07) is 3.39. The largest absolute Gasteiger partial charge is 0.395 e. The van der Waals surface area contributed by atoms with Crippen LogP contribution in [0.1, 0.15) is 35.3 Å². The number of carbonyl (C=O) groups excluding carboxylic acids is 1. The molecule has 0 aliphatic carbocycles. The lowest BCUT2D eigenvalue weighted by Crippen LogP contribution is -2.25. The first-order valence-corrected chi connectivity index (χ1v) is 6.61. The van der Waals surface area contributed by atoms with E-state index in [2.05, 4.69) is 22.1 Å². The summed E-state index contributed by atoms with van der Waals surface area (Å²) in [5.74, 6) is 5.48. The smallest absolute Gasteiger partial charge is 0.269 e. The molecule has 0 spiro atoms. The molecule has 1 heterocycles. The van der Waals surface area contributed by atoms with E-state index < -0.39 is 0 Å². The Morgan fingerprint density at radius 3 is 2.95 bits per heavy atom. The lowest BCUT2D eigenvalue weighted by molar-refractivity contribution is 0.0946. The molecule has 2 N–H and O–H groups in total. The Morgan fingerprint density at radius 1 is 1.45 bits per heavy atom. The molecular formula is C15H20N2O3. The van der Waals surface area contributed by atoms with Crippen LogP contribution in [0.5, 0.6) is 0 Å². The molecule has 0 unspecified atom stereocenters. The second-order valence-electron chi connectivity index (χ2n) is 4.16. The first kappa shape index (κ1) is 16.2. The molecule has 1 aromatic rings. The minimum atomic E-state index is -0.183. The number of nitrogens with one attached hydrogen (secondary N) is 1. The summed E-state index contributed by atoms with van der Waals surface area (Å²) in [6.45, 7) is 1.36. The first-order valence-electron chi connectivity index (χ1n) is 6.61. The zero-order valence-corrected chi connectivity index (χ0v) is 11.7. The molecule has 1 rings (SSSR count). The zero-order valence-electron chi connectivity index (χ0n) is 11.7. The highest BCUT2D eigenvalue weighted by molar-refractivity contribution is 5.92. The molecule has 0 aromatic carbocycles. The van der Waals surface area contributed by atoms with Crippen molar-refractivity contribution < 1.29 is 14.6 Å². The van der Waals surface area contributed by atoms with Crippen molar-refractivity contribution in [3.05, 3.63) is 29.6 Å². The molecule has 1 aromatic heterocycles. The Labute approximate surface area is 119 Å². The maximum atomic E-state index is 11.8. The van der Waals surface area contributed by atoms with Crippen LogP contribution < -0.4 is 5.32 Å². The van der Waals surface area contributed by atoms with Crippen LogP contribution >= 0.6 is 0 Å². The minimum Gasteiger partial charge on any atom is -0.395 e. The van der Waals surface area contributed by atoms with Crippen molar-refractivity contribution in [2.24, 2.45) is 0 Å². The van der Waals surface area contributed by atoms with E-state index in [9.17, 15) is 4.79 Å². The molecule has 0 aliphatic rings. The normalized spacial score (nSPS) is 9.70. The van der Waals surface area contributed by atoms with E-state index in [0.29, 0.717) is 25.3 Å². The quantitative estimate of drug-likeness (QED) is 0.575. The lowest BCUT2D eigenvalue weighted by atomic mass is 10.2.